The molecule has 0 aliphatic carbocycles. The number of aliphatic hydroxyl groups is 1. The Morgan fingerprint density at radius 1 is 1.29 bits per heavy atom. The molecule has 0 fully saturated rings. The number of ketones is 1. The van der Waals surface area contributed by atoms with Crippen molar-refractivity contribution in [2.24, 2.45) is 0 Å². The summed E-state index contributed by atoms with van der Waals surface area (Å²) >= 11 is 5.60. The molecule has 0 saturated carbocycles. The zero-order chi connectivity index (χ0) is 16.0. The average Bonchev–Trinajstić information content (AvgIpc) is 2.42. The molecule has 2 atom stereocenters. The maximum Gasteiger partial charge on any atom is 0.408 e. The fourth-order valence-electron chi connectivity index (χ4n) is 1.64. The maximum atomic E-state index is 12.4. The van der Waals surface area contributed by atoms with Gasteiger partial charge >= 0.3 is 6.09 Å². The first-order valence-electron chi connectivity index (χ1n) is 6.57. The fraction of sp³-hybridized carbons (Fsp3) is 0.467. The van der Waals surface area contributed by atoms with Crippen molar-refractivity contribution in [2.75, 3.05) is 5.88 Å². The SMILES string of the molecule is CC(C)(C)OC(=O)N[C@@H](C(=O)c1ccccc1)[C@H](O)CCl. The first-order valence-corrected chi connectivity index (χ1v) is 7.11. The molecule has 0 unspecified atom stereocenters. The summed E-state index contributed by atoms with van der Waals surface area (Å²) in [6.45, 7) is 5.12. The zero-order valence-electron chi connectivity index (χ0n) is 12.3. The molecule has 2 N–H and O–H groups in total. The van der Waals surface area contributed by atoms with Gasteiger partial charge in [-0.25, -0.2) is 4.79 Å². The highest BCUT2D eigenvalue weighted by molar-refractivity contribution is 6.18. The topological polar surface area (TPSA) is 75.6 Å². The standard InChI is InChI=1S/C15H20ClNO4/c1-15(2,3)21-14(20)17-12(11(18)9-16)13(19)10-7-5-4-6-8-10/h4-8,11-12,18H,9H2,1-3H3,(H,17,20)/t11-,12-/m1/s1. The van der Waals surface area contributed by atoms with E-state index in [1.165, 1.54) is 0 Å². The Morgan fingerprint density at radius 3 is 2.33 bits per heavy atom. The first-order chi connectivity index (χ1) is 9.74. The van der Waals surface area contributed by atoms with Crippen molar-refractivity contribution in [1.82, 2.24) is 5.32 Å². The average molecular weight is 314 g/mol. The lowest BCUT2D eigenvalue weighted by Gasteiger charge is -2.25. The number of alkyl halides is 1. The minimum atomic E-state index is -1.20. The molecule has 5 nitrogen and oxygen atoms in total. The van der Waals surface area contributed by atoms with Crippen molar-refractivity contribution in [3.8, 4) is 0 Å². The van der Waals surface area contributed by atoms with E-state index in [-0.39, 0.29) is 5.88 Å². The molecule has 1 aromatic rings. The summed E-state index contributed by atoms with van der Waals surface area (Å²) in [5.41, 5.74) is -0.321. The fourth-order valence-corrected chi connectivity index (χ4v) is 1.82. The van der Waals surface area contributed by atoms with Crippen LogP contribution >= 0.6 is 11.6 Å². The van der Waals surface area contributed by atoms with Crippen LogP contribution in [-0.2, 0) is 4.74 Å². The highest BCUT2D eigenvalue weighted by Gasteiger charge is 2.30. The number of aliphatic hydroxyl groups excluding tert-OH is 1. The predicted octanol–water partition coefficient (Wildman–Crippen LogP) is 2.36. The molecule has 116 valence electrons. The smallest absolute Gasteiger partial charge is 0.408 e. The van der Waals surface area contributed by atoms with E-state index in [0.29, 0.717) is 5.56 Å². The van der Waals surface area contributed by atoms with Gasteiger partial charge in [0, 0.05) is 5.56 Å². The molecule has 0 saturated heterocycles. The third-order valence-corrected chi connectivity index (χ3v) is 2.87. The van der Waals surface area contributed by atoms with Gasteiger partial charge in [-0.15, -0.1) is 11.6 Å². The summed E-state index contributed by atoms with van der Waals surface area (Å²) in [4.78, 5) is 24.1. The molecule has 6 heteroatoms. The summed E-state index contributed by atoms with van der Waals surface area (Å²) in [5.74, 6) is -0.603. The molecule has 1 aromatic carbocycles. The quantitative estimate of drug-likeness (QED) is 0.646. The van der Waals surface area contributed by atoms with Gasteiger partial charge < -0.3 is 15.2 Å². The number of halogens is 1. The van der Waals surface area contributed by atoms with Crippen LogP contribution in [0.4, 0.5) is 4.79 Å². The van der Waals surface area contributed by atoms with Crippen molar-refractivity contribution in [3.05, 3.63) is 35.9 Å². The third-order valence-electron chi connectivity index (χ3n) is 2.56. The van der Waals surface area contributed by atoms with Crippen LogP contribution in [0, 0.1) is 0 Å². The number of carbonyl (C=O) groups excluding carboxylic acids is 2. The summed E-state index contributed by atoms with van der Waals surface area (Å²) in [6, 6.07) is 7.22. The molecule has 0 heterocycles. The Morgan fingerprint density at radius 2 is 1.86 bits per heavy atom. The van der Waals surface area contributed by atoms with Crippen LogP contribution in [0.2, 0.25) is 0 Å². The molecule has 0 aliphatic rings. The summed E-state index contributed by atoms with van der Waals surface area (Å²) in [7, 11) is 0. The maximum absolute atomic E-state index is 12.4. The Kier molecular flexibility index (Phi) is 6.18. The monoisotopic (exact) mass is 313 g/mol. The molecule has 21 heavy (non-hydrogen) atoms. The van der Waals surface area contributed by atoms with E-state index in [2.05, 4.69) is 5.32 Å². The molecule has 0 radical (unpaired) electrons. The Bertz CT molecular complexity index is 484. The van der Waals surface area contributed by atoms with Crippen molar-refractivity contribution < 1.29 is 19.4 Å². The highest BCUT2D eigenvalue weighted by atomic mass is 35.5. The van der Waals surface area contributed by atoms with E-state index in [4.69, 9.17) is 16.3 Å². The van der Waals surface area contributed by atoms with E-state index < -0.39 is 29.6 Å². The van der Waals surface area contributed by atoms with Crippen molar-refractivity contribution >= 4 is 23.5 Å². The highest BCUT2D eigenvalue weighted by Crippen LogP contribution is 2.11. The number of Topliss-reactive ketones (excluding diaryl/α,β-unsaturated/α-hetero) is 1. The second-order valence-electron chi connectivity index (χ2n) is 5.58. The van der Waals surface area contributed by atoms with E-state index in [1.54, 1.807) is 51.1 Å². The minimum Gasteiger partial charge on any atom is -0.444 e. The molecule has 1 rings (SSSR count). The number of hydrogen-bond donors (Lipinski definition) is 2. The second kappa shape index (κ2) is 7.43. The second-order valence-corrected chi connectivity index (χ2v) is 5.88. The summed E-state index contributed by atoms with van der Waals surface area (Å²) < 4.78 is 5.09. The molecule has 0 spiro atoms. The molecule has 1 amide bonds. The van der Waals surface area contributed by atoms with Gasteiger partial charge in [0.1, 0.15) is 11.6 Å². The first kappa shape index (κ1) is 17.5. The third kappa shape index (κ3) is 5.73. The van der Waals surface area contributed by atoms with Crippen LogP contribution in [0.15, 0.2) is 30.3 Å². The van der Waals surface area contributed by atoms with Gasteiger partial charge in [0.25, 0.3) is 0 Å². The van der Waals surface area contributed by atoms with Crippen LogP contribution in [0.5, 0.6) is 0 Å². The lowest BCUT2D eigenvalue weighted by Crippen LogP contribution is -2.50. The van der Waals surface area contributed by atoms with Gasteiger partial charge in [0.05, 0.1) is 12.0 Å². The molecule has 0 aliphatic heterocycles. The van der Waals surface area contributed by atoms with Crippen LogP contribution in [0.25, 0.3) is 0 Å². The predicted molar refractivity (Wildman–Crippen MR) is 80.7 cm³/mol. The Hall–Kier alpha value is -1.59. The zero-order valence-corrected chi connectivity index (χ0v) is 13.1. The summed E-state index contributed by atoms with van der Waals surface area (Å²) in [5, 5.41) is 12.3. The van der Waals surface area contributed by atoms with Gasteiger partial charge in [-0.3, -0.25) is 4.79 Å². The lowest BCUT2D eigenvalue weighted by atomic mass is 10.0. The molecular formula is C15H20ClNO4. The number of rotatable bonds is 5. The number of benzene rings is 1. The summed E-state index contributed by atoms with van der Waals surface area (Å²) in [6.07, 6.45) is -1.98. The van der Waals surface area contributed by atoms with Crippen molar-refractivity contribution in [1.29, 1.82) is 0 Å². The number of ether oxygens (including phenoxy) is 1. The van der Waals surface area contributed by atoms with Gasteiger partial charge in [-0.05, 0) is 20.8 Å². The van der Waals surface area contributed by atoms with E-state index in [0.717, 1.165) is 0 Å². The molecular weight excluding hydrogens is 294 g/mol. The Balaban J connectivity index is 2.87. The van der Waals surface area contributed by atoms with E-state index >= 15 is 0 Å². The van der Waals surface area contributed by atoms with Gasteiger partial charge in [0.2, 0.25) is 0 Å². The van der Waals surface area contributed by atoms with Gasteiger partial charge in [0.15, 0.2) is 5.78 Å². The van der Waals surface area contributed by atoms with Crippen LogP contribution in [0.3, 0.4) is 0 Å². The normalized spacial score (nSPS) is 14.1. The van der Waals surface area contributed by atoms with Gasteiger partial charge in [-0.2, -0.15) is 0 Å². The Labute approximate surface area is 129 Å². The van der Waals surface area contributed by atoms with E-state index in [1.807, 2.05) is 0 Å². The van der Waals surface area contributed by atoms with Gasteiger partial charge in [-0.1, -0.05) is 30.3 Å². The van der Waals surface area contributed by atoms with Crippen LogP contribution in [0.1, 0.15) is 31.1 Å². The number of nitrogens with one attached hydrogen (secondary N) is 1. The van der Waals surface area contributed by atoms with Crippen molar-refractivity contribution in [3.63, 3.8) is 0 Å². The molecule has 0 aromatic heterocycles. The van der Waals surface area contributed by atoms with Crippen LogP contribution in [-0.4, -0.2) is 40.6 Å². The largest absolute Gasteiger partial charge is 0.444 e. The molecule has 0 bridgehead atoms. The number of carbonyl (C=O) groups is 2. The lowest BCUT2D eigenvalue weighted by molar-refractivity contribution is 0.0420. The van der Waals surface area contributed by atoms with Crippen molar-refractivity contribution in [2.45, 2.75) is 38.5 Å². The number of amides is 1. The minimum absolute atomic E-state index is 0.182. The number of alkyl carbamates (subject to hydrolysis) is 1. The number of hydrogen-bond acceptors (Lipinski definition) is 4. The van der Waals surface area contributed by atoms with Crippen LogP contribution < -0.4 is 5.32 Å². The van der Waals surface area contributed by atoms with E-state index in [9.17, 15) is 14.7 Å².